The number of amides is 1. The van der Waals surface area contributed by atoms with E-state index in [9.17, 15) is 18.0 Å². The van der Waals surface area contributed by atoms with E-state index >= 15 is 0 Å². The molecule has 1 saturated carbocycles. The second-order valence-corrected chi connectivity index (χ2v) is 11.0. The number of methoxy groups -OCH3 is 1. The molecule has 5 rings (SSSR count). The van der Waals surface area contributed by atoms with Crippen molar-refractivity contribution in [2.75, 3.05) is 7.11 Å². The molecule has 12 heteroatoms. The van der Waals surface area contributed by atoms with Crippen LogP contribution in [0.4, 0.5) is 4.79 Å². The van der Waals surface area contributed by atoms with Crippen molar-refractivity contribution in [2.24, 2.45) is 7.05 Å². The first-order valence-electron chi connectivity index (χ1n) is 10.7. The Bertz CT molecular complexity index is 1590. The minimum absolute atomic E-state index is 0.122. The zero-order valence-corrected chi connectivity index (χ0v) is 20.8. The summed E-state index contributed by atoms with van der Waals surface area (Å²) >= 11 is 3.51. The summed E-state index contributed by atoms with van der Waals surface area (Å²) in [6, 6.07) is 7.82. The van der Waals surface area contributed by atoms with Crippen molar-refractivity contribution in [3.63, 3.8) is 0 Å². The van der Waals surface area contributed by atoms with Crippen LogP contribution in [0, 0.1) is 0 Å². The molecule has 1 fully saturated rings. The number of halogens is 1. The number of fused-ring (bicyclic) bond motifs is 3. The lowest BCUT2D eigenvalue weighted by Crippen LogP contribution is -2.33. The molecule has 1 aliphatic carbocycles. The van der Waals surface area contributed by atoms with E-state index in [0.717, 1.165) is 3.97 Å². The number of rotatable bonds is 4. The van der Waals surface area contributed by atoms with E-state index in [0.29, 0.717) is 40.2 Å². The molecule has 10 nitrogen and oxygen atoms in total. The molecule has 3 heterocycles. The van der Waals surface area contributed by atoms with E-state index in [2.05, 4.69) is 26.2 Å². The summed E-state index contributed by atoms with van der Waals surface area (Å²) in [4.78, 5) is 29.5. The van der Waals surface area contributed by atoms with Gasteiger partial charge in [-0.3, -0.25) is 9.13 Å². The van der Waals surface area contributed by atoms with Gasteiger partial charge in [-0.2, -0.15) is 0 Å². The largest absolute Gasteiger partial charge is 0.453 e. The Balaban J connectivity index is 1.70. The molecule has 0 aliphatic heterocycles. The monoisotopic (exact) mass is 547 g/mol. The van der Waals surface area contributed by atoms with Crippen LogP contribution in [0.15, 0.2) is 56.9 Å². The summed E-state index contributed by atoms with van der Waals surface area (Å²) in [6.07, 6.45) is 4.42. The molecule has 0 unspecified atom stereocenters. The second-order valence-electron chi connectivity index (χ2n) is 8.29. The van der Waals surface area contributed by atoms with Crippen LogP contribution in [-0.2, 0) is 21.8 Å². The van der Waals surface area contributed by atoms with Gasteiger partial charge in [-0.25, -0.2) is 27.0 Å². The van der Waals surface area contributed by atoms with E-state index < -0.39 is 16.1 Å². The summed E-state index contributed by atoms with van der Waals surface area (Å²) in [5, 5.41) is 3.35. The Labute approximate surface area is 203 Å². The second kappa shape index (κ2) is 8.27. The number of carbonyl (C=O) groups excluding carboxylic acids is 1. The molecule has 0 bridgehead atoms. The maximum Gasteiger partial charge on any atom is 0.407 e. The third-order valence-electron chi connectivity index (χ3n) is 6.36. The van der Waals surface area contributed by atoms with Gasteiger partial charge in [0.25, 0.3) is 10.0 Å². The summed E-state index contributed by atoms with van der Waals surface area (Å²) in [6.45, 7) is 0. The number of aromatic nitrogens is 4. The number of nitrogens with zero attached hydrogens (tertiary/aromatic N) is 4. The SMILES string of the molecule is COC(=O)N[C@@H]1CC[C@@H](n2c(=O)n(C)c3cnc4c(c(Br)cn4S(=O)(=O)c4ccccc4)c32)C1. The van der Waals surface area contributed by atoms with Crippen LogP contribution in [0.2, 0.25) is 0 Å². The minimum atomic E-state index is -3.91. The number of pyridine rings is 1. The average Bonchev–Trinajstić information content (AvgIpc) is 3.50. The van der Waals surface area contributed by atoms with Crippen molar-refractivity contribution in [2.45, 2.75) is 36.2 Å². The van der Waals surface area contributed by atoms with Gasteiger partial charge >= 0.3 is 11.8 Å². The highest BCUT2D eigenvalue weighted by Gasteiger charge is 2.32. The predicted molar refractivity (Wildman–Crippen MR) is 129 cm³/mol. The highest BCUT2D eigenvalue weighted by Crippen LogP contribution is 2.37. The molecular weight excluding hydrogens is 526 g/mol. The molecule has 1 aliphatic rings. The summed E-state index contributed by atoms with van der Waals surface area (Å²) in [5.74, 6) is 0. The topological polar surface area (TPSA) is 117 Å². The molecule has 0 spiro atoms. The molecule has 3 aromatic heterocycles. The lowest BCUT2D eigenvalue weighted by atomic mass is 10.2. The molecular formula is C22H22BrN5O5S. The molecule has 178 valence electrons. The Morgan fingerprint density at radius 2 is 1.97 bits per heavy atom. The number of nitrogens with one attached hydrogen (secondary N) is 1. The summed E-state index contributed by atoms with van der Waals surface area (Å²) in [7, 11) is -0.927. The van der Waals surface area contributed by atoms with Crippen LogP contribution >= 0.6 is 15.9 Å². The number of carbonyl (C=O) groups is 1. The van der Waals surface area contributed by atoms with E-state index in [1.54, 1.807) is 29.8 Å². The van der Waals surface area contributed by atoms with E-state index in [1.807, 2.05) is 0 Å². The van der Waals surface area contributed by atoms with Crippen LogP contribution in [-0.4, -0.2) is 45.8 Å². The van der Waals surface area contributed by atoms with Gasteiger partial charge in [0.2, 0.25) is 0 Å². The smallest absolute Gasteiger partial charge is 0.407 e. The van der Waals surface area contributed by atoms with Crippen LogP contribution in [0.5, 0.6) is 0 Å². The van der Waals surface area contributed by atoms with Gasteiger partial charge < -0.3 is 10.1 Å². The molecule has 34 heavy (non-hydrogen) atoms. The fourth-order valence-corrected chi connectivity index (χ4v) is 6.77. The summed E-state index contributed by atoms with van der Waals surface area (Å²) < 4.78 is 36.3. The maximum atomic E-state index is 13.4. The molecule has 1 N–H and O–H groups in total. The fourth-order valence-electron chi connectivity index (χ4n) is 4.72. The first-order chi connectivity index (χ1) is 16.2. The van der Waals surface area contributed by atoms with E-state index in [-0.39, 0.29) is 28.3 Å². The minimum Gasteiger partial charge on any atom is -0.453 e. The van der Waals surface area contributed by atoms with E-state index in [1.165, 1.54) is 36.2 Å². The Kier molecular flexibility index (Phi) is 5.52. The molecule has 1 amide bonds. The molecule has 2 atom stereocenters. The quantitative estimate of drug-likeness (QED) is 0.419. The normalized spacial score (nSPS) is 18.6. The van der Waals surface area contributed by atoms with Crippen molar-refractivity contribution in [1.29, 1.82) is 0 Å². The number of benzene rings is 1. The van der Waals surface area contributed by atoms with Crippen molar-refractivity contribution < 1.29 is 17.9 Å². The molecule has 0 saturated heterocycles. The van der Waals surface area contributed by atoms with Crippen LogP contribution < -0.4 is 11.0 Å². The van der Waals surface area contributed by atoms with Gasteiger partial charge in [0.05, 0.1) is 34.6 Å². The van der Waals surface area contributed by atoms with E-state index in [4.69, 9.17) is 4.74 Å². The van der Waals surface area contributed by atoms with Gasteiger partial charge in [-0.05, 0) is 47.3 Å². The Morgan fingerprint density at radius 3 is 2.68 bits per heavy atom. The standard InChI is InChI=1S/C22H22BrN5O5S/c1-26-17-11-24-20-18(16(23)12-27(20)34(31,32)15-6-4-3-5-7-15)19(17)28(22(26)30)14-9-8-13(10-14)25-21(29)33-2/h3-7,11-14H,8-10H2,1-2H3,(H,25,29)/t13-,14-/m1/s1. The number of aryl methyl sites for hydroxylation is 1. The van der Waals surface area contributed by atoms with Gasteiger partial charge in [-0.1, -0.05) is 18.2 Å². The van der Waals surface area contributed by atoms with Gasteiger partial charge in [-0.15, -0.1) is 0 Å². The van der Waals surface area contributed by atoms with Gasteiger partial charge in [0.1, 0.15) is 0 Å². The first kappa shape index (κ1) is 22.7. The average molecular weight is 548 g/mol. The highest BCUT2D eigenvalue weighted by molar-refractivity contribution is 9.10. The molecule has 0 radical (unpaired) electrons. The van der Waals surface area contributed by atoms with Crippen molar-refractivity contribution in [3.8, 4) is 0 Å². The maximum absolute atomic E-state index is 13.4. The zero-order chi connectivity index (χ0) is 24.2. The zero-order valence-electron chi connectivity index (χ0n) is 18.4. The number of hydrogen-bond donors (Lipinski definition) is 1. The Hall–Kier alpha value is -3.12. The lowest BCUT2D eigenvalue weighted by Gasteiger charge is -2.14. The third-order valence-corrected chi connectivity index (χ3v) is 8.63. The number of hydrogen-bond acceptors (Lipinski definition) is 6. The summed E-state index contributed by atoms with van der Waals surface area (Å²) in [5.41, 5.74) is 1.20. The van der Waals surface area contributed by atoms with Crippen molar-refractivity contribution in [1.82, 2.24) is 23.4 Å². The molecule has 1 aromatic carbocycles. The van der Waals surface area contributed by atoms with Gasteiger partial charge in [0.15, 0.2) is 5.65 Å². The van der Waals surface area contributed by atoms with Crippen LogP contribution in [0.25, 0.3) is 22.1 Å². The van der Waals surface area contributed by atoms with Crippen molar-refractivity contribution >= 4 is 54.1 Å². The molecule has 4 aromatic rings. The predicted octanol–water partition coefficient (Wildman–Crippen LogP) is 3.14. The fraction of sp³-hybridized carbons (Fsp3) is 0.318. The van der Waals surface area contributed by atoms with Gasteiger partial charge in [0, 0.05) is 29.8 Å². The Morgan fingerprint density at radius 1 is 1.24 bits per heavy atom. The van der Waals surface area contributed by atoms with Crippen LogP contribution in [0.3, 0.4) is 0 Å². The number of ether oxygens (including phenoxy) is 1. The highest BCUT2D eigenvalue weighted by atomic mass is 79.9. The van der Waals surface area contributed by atoms with Crippen molar-refractivity contribution in [3.05, 3.63) is 57.7 Å². The number of imidazole rings is 1. The van der Waals surface area contributed by atoms with Crippen LogP contribution in [0.1, 0.15) is 25.3 Å². The third kappa shape index (κ3) is 3.43. The first-order valence-corrected chi connectivity index (χ1v) is 12.9. The number of alkyl carbamates (subject to hydrolysis) is 1. The lowest BCUT2D eigenvalue weighted by molar-refractivity contribution is 0.166.